The quantitative estimate of drug-likeness (QED) is 0.141. The number of hydrogen-bond donors (Lipinski definition) is 0. The van der Waals surface area contributed by atoms with Crippen molar-refractivity contribution < 1.29 is 0 Å². The maximum Gasteiger partial charge on any atom is 0.252 e. The SMILES string of the molecule is CC(C)(C)c1ccc(-c2cc3c4c(c2)N(c2ccc(-c5ccc6c(c5)C(C)(C)CCC6(C)C)cc2)c2cc(-n5c6ccccc6c6cc(-c7ccccc7)ccc65)ccc2B4c2ccc(-c4ccccc4)cc2N3c2ccc(-c3ccc4c(c3)C(C)(C)CCC4(C)C)cc2)cc1. The molecule has 0 amide bonds. The molecule has 13 aromatic rings. The molecule has 0 unspecified atom stereocenters. The highest BCUT2D eigenvalue weighted by molar-refractivity contribution is 7.00. The maximum absolute atomic E-state index is 2.62. The largest absolute Gasteiger partial charge is 0.311 e. The normalized spacial score (nSPS) is 16.2. The van der Waals surface area contributed by atoms with Crippen molar-refractivity contribution in [3.8, 4) is 61.3 Å². The molecule has 2 aliphatic heterocycles. The molecule has 0 saturated heterocycles. The summed E-state index contributed by atoms with van der Waals surface area (Å²) in [5.41, 5.74) is 34.2. The minimum Gasteiger partial charge on any atom is -0.311 e. The Balaban J connectivity index is 0.909. The molecule has 12 aromatic carbocycles. The summed E-state index contributed by atoms with van der Waals surface area (Å²) < 4.78 is 2.51. The highest BCUT2D eigenvalue weighted by atomic mass is 15.2. The monoisotopic (exact) mass is 1240 g/mol. The molecule has 3 nitrogen and oxygen atoms in total. The Morgan fingerprint density at radius 1 is 0.292 bits per heavy atom. The summed E-state index contributed by atoms with van der Waals surface area (Å²) in [6.45, 7) is 26.3. The van der Waals surface area contributed by atoms with E-state index in [-0.39, 0.29) is 33.8 Å². The smallest absolute Gasteiger partial charge is 0.252 e. The Bertz CT molecular complexity index is 5250. The molecule has 0 spiro atoms. The molecule has 0 N–H and O–H groups in total. The van der Waals surface area contributed by atoms with E-state index in [4.69, 9.17) is 0 Å². The van der Waals surface area contributed by atoms with Crippen LogP contribution in [0.15, 0.2) is 261 Å². The van der Waals surface area contributed by atoms with E-state index in [1.807, 2.05) is 0 Å². The minimum atomic E-state index is -0.111. The topological polar surface area (TPSA) is 11.4 Å². The molecule has 0 saturated carbocycles. The van der Waals surface area contributed by atoms with Crippen LogP contribution in [0.4, 0.5) is 34.1 Å². The molecule has 2 aliphatic carbocycles. The number of fused-ring (bicyclic) bond motifs is 9. The van der Waals surface area contributed by atoms with Crippen molar-refractivity contribution in [3.05, 3.63) is 289 Å². The van der Waals surface area contributed by atoms with Gasteiger partial charge in [0.2, 0.25) is 0 Å². The van der Waals surface area contributed by atoms with Crippen LogP contribution >= 0.6 is 0 Å². The molecule has 4 aliphatic rings. The first-order chi connectivity index (χ1) is 46.2. The number of benzene rings is 12. The number of para-hydroxylation sites is 1. The average Bonchev–Trinajstić information content (AvgIpc) is 0.774. The van der Waals surface area contributed by atoms with Crippen molar-refractivity contribution in [2.75, 3.05) is 9.80 Å². The first-order valence-corrected chi connectivity index (χ1v) is 35.0. The van der Waals surface area contributed by atoms with E-state index in [1.165, 1.54) is 170 Å². The molecule has 96 heavy (non-hydrogen) atoms. The molecule has 17 rings (SSSR count). The van der Waals surface area contributed by atoms with Crippen molar-refractivity contribution in [2.45, 2.75) is 129 Å². The Morgan fingerprint density at radius 3 is 1.20 bits per heavy atom. The molecule has 470 valence electrons. The lowest BCUT2D eigenvalue weighted by Crippen LogP contribution is -2.61. The summed E-state index contributed by atoms with van der Waals surface area (Å²) in [6, 6.07) is 101. The Kier molecular flexibility index (Phi) is 13.6. The molecular weight excluding hydrogens is 1160 g/mol. The van der Waals surface area contributed by atoms with Gasteiger partial charge in [-0.15, -0.1) is 0 Å². The molecular formula is C92H84BN3. The van der Waals surface area contributed by atoms with Crippen LogP contribution in [0.2, 0.25) is 0 Å². The van der Waals surface area contributed by atoms with E-state index in [1.54, 1.807) is 0 Å². The summed E-state index contributed by atoms with van der Waals surface area (Å²) in [7, 11) is 0. The second kappa shape index (κ2) is 21.8. The van der Waals surface area contributed by atoms with Gasteiger partial charge in [0.25, 0.3) is 6.71 Å². The van der Waals surface area contributed by atoms with Gasteiger partial charge in [0.1, 0.15) is 0 Å². The number of anilines is 6. The third-order valence-electron chi connectivity index (χ3n) is 22.9. The van der Waals surface area contributed by atoms with Crippen LogP contribution in [0.1, 0.15) is 130 Å². The van der Waals surface area contributed by atoms with Gasteiger partial charge in [-0.1, -0.05) is 264 Å². The van der Waals surface area contributed by atoms with Crippen molar-refractivity contribution >= 4 is 79.0 Å². The zero-order chi connectivity index (χ0) is 65.8. The van der Waals surface area contributed by atoms with Crippen LogP contribution < -0.4 is 26.2 Å². The summed E-state index contributed by atoms with van der Waals surface area (Å²) in [5, 5.41) is 2.48. The van der Waals surface area contributed by atoms with Gasteiger partial charge in [-0.05, 0) is 225 Å². The lowest BCUT2D eigenvalue weighted by molar-refractivity contribution is 0.332. The van der Waals surface area contributed by atoms with Gasteiger partial charge in [0.05, 0.1) is 11.0 Å². The van der Waals surface area contributed by atoms with E-state index < -0.39 is 0 Å². The van der Waals surface area contributed by atoms with Gasteiger partial charge >= 0.3 is 0 Å². The van der Waals surface area contributed by atoms with Crippen molar-refractivity contribution in [2.24, 2.45) is 0 Å². The first-order valence-electron chi connectivity index (χ1n) is 35.0. The van der Waals surface area contributed by atoms with Crippen LogP contribution in [0, 0.1) is 0 Å². The lowest BCUT2D eigenvalue weighted by Gasteiger charge is -2.44. The predicted molar refractivity (Wildman–Crippen MR) is 411 cm³/mol. The summed E-state index contributed by atoms with van der Waals surface area (Å²) in [6.07, 6.45) is 4.74. The molecule has 0 bridgehead atoms. The van der Waals surface area contributed by atoms with Crippen LogP contribution in [-0.4, -0.2) is 11.3 Å². The first kappa shape index (κ1) is 59.8. The fourth-order valence-electron chi connectivity index (χ4n) is 17.0. The Morgan fingerprint density at radius 2 is 0.667 bits per heavy atom. The molecule has 1 aromatic heterocycles. The average molecular weight is 1240 g/mol. The second-order valence-electron chi connectivity index (χ2n) is 31.8. The zero-order valence-electron chi connectivity index (χ0n) is 57.6. The standard InChI is InChI=1S/C92H84BN3/c1-88(2,3)69-36-26-63(27-37-69)68-56-85-87-86(57-68)95(71-40-30-62(31-41-71)66-33-44-76-78(54-66)92(10,11)51-49-90(76,6)7)84-58-72(96-81-25-19-18-24-73(81)74-52-64(35-47-82(74)96)59-20-14-12-15-21-59)42-46-80(84)93(87)79-45-34-67(60-22-16-13-17-23-60)55-83(79)94(85)70-38-28-61(29-39-70)65-32-43-75-77(53-65)91(8,9)50-48-89(75,4)5/h12-47,52-58H,48-51H2,1-11H3. The molecule has 4 heteroatoms. The number of hydrogen-bond acceptors (Lipinski definition) is 2. The zero-order valence-corrected chi connectivity index (χ0v) is 57.6. The fraction of sp³-hybridized carbons (Fsp3) is 0.217. The van der Waals surface area contributed by atoms with Crippen molar-refractivity contribution in [1.82, 2.24) is 4.57 Å². The van der Waals surface area contributed by atoms with Crippen LogP contribution in [0.25, 0.3) is 83.1 Å². The van der Waals surface area contributed by atoms with E-state index >= 15 is 0 Å². The minimum absolute atomic E-state index is 0.000544. The number of aromatic nitrogens is 1. The van der Waals surface area contributed by atoms with Gasteiger partial charge in [0.15, 0.2) is 0 Å². The number of nitrogens with zero attached hydrogens (tertiary/aromatic N) is 3. The summed E-state index contributed by atoms with van der Waals surface area (Å²) in [5.74, 6) is 0. The highest BCUT2D eigenvalue weighted by Crippen LogP contribution is 2.52. The third kappa shape index (κ3) is 9.75. The van der Waals surface area contributed by atoms with Crippen molar-refractivity contribution in [1.29, 1.82) is 0 Å². The Hall–Kier alpha value is -9.90. The fourth-order valence-corrected chi connectivity index (χ4v) is 17.0. The van der Waals surface area contributed by atoms with Crippen LogP contribution in [0.5, 0.6) is 0 Å². The Labute approximate surface area is 568 Å². The van der Waals surface area contributed by atoms with Gasteiger partial charge in [-0.3, -0.25) is 0 Å². The van der Waals surface area contributed by atoms with E-state index in [0.717, 1.165) is 17.1 Å². The van der Waals surface area contributed by atoms with Gasteiger partial charge < -0.3 is 14.4 Å². The third-order valence-corrected chi connectivity index (χ3v) is 22.9. The maximum atomic E-state index is 2.62. The van der Waals surface area contributed by atoms with Gasteiger partial charge in [-0.25, -0.2) is 0 Å². The van der Waals surface area contributed by atoms with E-state index in [2.05, 4.69) is 351 Å². The van der Waals surface area contributed by atoms with Gasteiger partial charge in [0, 0.05) is 50.6 Å². The predicted octanol–water partition coefficient (Wildman–Crippen LogP) is 23.2. The molecule has 0 radical (unpaired) electrons. The second-order valence-corrected chi connectivity index (χ2v) is 31.8. The molecule has 0 fully saturated rings. The van der Waals surface area contributed by atoms with E-state index in [9.17, 15) is 0 Å². The molecule has 0 atom stereocenters. The van der Waals surface area contributed by atoms with Crippen molar-refractivity contribution in [3.63, 3.8) is 0 Å². The van der Waals surface area contributed by atoms with E-state index in [0.29, 0.717) is 0 Å². The lowest BCUT2D eigenvalue weighted by atomic mass is 9.33. The summed E-state index contributed by atoms with van der Waals surface area (Å²) >= 11 is 0. The molecule has 3 heterocycles. The van der Waals surface area contributed by atoms with Gasteiger partial charge in [-0.2, -0.15) is 0 Å². The summed E-state index contributed by atoms with van der Waals surface area (Å²) in [4.78, 5) is 5.22. The van der Waals surface area contributed by atoms with Crippen LogP contribution in [-0.2, 0) is 27.1 Å². The van der Waals surface area contributed by atoms with Crippen LogP contribution in [0.3, 0.4) is 0 Å². The number of rotatable bonds is 8. The highest BCUT2D eigenvalue weighted by Gasteiger charge is 2.45.